The number of aliphatic hydroxyl groups excluding tert-OH is 1. The van der Waals surface area contributed by atoms with Crippen molar-refractivity contribution in [1.29, 1.82) is 0 Å². The van der Waals surface area contributed by atoms with E-state index in [9.17, 15) is 29.4 Å². The van der Waals surface area contributed by atoms with Crippen LogP contribution in [0.5, 0.6) is 0 Å². The number of allylic oxidation sites excluding steroid dienone is 3. The molecule has 16 heteroatoms. The van der Waals surface area contributed by atoms with Crippen LogP contribution in [0.15, 0.2) is 23.3 Å². The van der Waals surface area contributed by atoms with Crippen molar-refractivity contribution in [2.75, 3.05) is 41.1 Å². The topological polar surface area (TPSA) is 177 Å². The molecule has 2 bridgehead atoms. The molecular formula is C51H86FNO13Si. The van der Waals surface area contributed by atoms with Gasteiger partial charge in [0.1, 0.15) is 30.2 Å². The van der Waals surface area contributed by atoms with Crippen molar-refractivity contribution in [1.82, 2.24) is 4.90 Å². The van der Waals surface area contributed by atoms with Crippen molar-refractivity contribution in [2.45, 2.75) is 205 Å². The largest absolute Gasteiger partial charge is 0.456 e. The van der Waals surface area contributed by atoms with Gasteiger partial charge in [-0.25, -0.2) is 9.18 Å². The van der Waals surface area contributed by atoms with Gasteiger partial charge in [0.2, 0.25) is 5.79 Å². The van der Waals surface area contributed by atoms with Gasteiger partial charge in [0.25, 0.3) is 11.7 Å². The Morgan fingerprint density at radius 3 is 2.18 bits per heavy atom. The Bertz CT molecular complexity index is 1740. The zero-order chi connectivity index (χ0) is 50.2. The Hall–Kier alpha value is -2.41. The number of methoxy groups -OCH3 is 3. The summed E-state index contributed by atoms with van der Waals surface area (Å²) in [6.45, 7) is 21.5. The Morgan fingerprint density at radius 1 is 0.940 bits per heavy atom. The molecule has 0 aromatic heterocycles. The predicted molar refractivity (Wildman–Crippen MR) is 255 cm³/mol. The molecule has 4 aliphatic rings. The molecule has 3 heterocycles. The number of ketones is 2. The summed E-state index contributed by atoms with van der Waals surface area (Å²) in [5, 5.41) is 21.4. The van der Waals surface area contributed by atoms with Crippen LogP contribution in [0.4, 0.5) is 4.39 Å². The van der Waals surface area contributed by atoms with Gasteiger partial charge in [0, 0.05) is 52.0 Å². The Labute approximate surface area is 401 Å². The number of cyclic esters (lactones) is 1. The van der Waals surface area contributed by atoms with Crippen molar-refractivity contribution in [3.05, 3.63) is 23.3 Å². The number of hydrogen-bond acceptors (Lipinski definition) is 13. The molecule has 4 rings (SSSR count). The molecule has 0 radical (unpaired) electrons. The molecule has 1 aliphatic carbocycles. The van der Waals surface area contributed by atoms with E-state index in [-0.39, 0.29) is 74.4 Å². The van der Waals surface area contributed by atoms with E-state index in [1.165, 1.54) is 19.1 Å². The number of aliphatic hydroxyl groups is 2. The van der Waals surface area contributed by atoms with E-state index in [2.05, 4.69) is 39.9 Å². The normalized spacial score (nSPS) is 37.6. The summed E-state index contributed by atoms with van der Waals surface area (Å²) in [6, 6.07) is -1.16. The Balaban J connectivity index is 1.89. The van der Waals surface area contributed by atoms with Crippen LogP contribution in [0.1, 0.15) is 127 Å². The van der Waals surface area contributed by atoms with Crippen molar-refractivity contribution >= 4 is 31.8 Å². The molecule has 384 valence electrons. The predicted octanol–water partition coefficient (Wildman–Crippen LogP) is 7.47. The lowest BCUT2D eigenvalue weighted by molar-refractivity contribution is -0.302. The zero-order valence-corrected chi connectivity index (χ0v) is 44.1. The van der Waals surface area contributed by atoms with Crippen LogP contribution < -0.4 is 0 Å². The summed E-state index contributed by atoms with van der Waals surface area (Å²) < 4.78 is 60.1. The minimum Gasteiger partial charge on any atom is -0.456 e. The van der Waals surface area contributed by atoms with Crippen molar-refractivity contribution in [3.8, 4) is 0 Å². The highest BCUT2D eigenvalue weighted by Crippen LogP contribution is 2.42. The molecule has 67 heavy (non-hydrogen) atoms. The maximum Gasteiger partial charge on any atom is 0.329 e. The number of carbonyl (C=O) groups excluding carboxylic acids is 4. The Morgan fingerprint density at radius 2 is 1.58 bits per heavy atom. The third-order valence-electron chi connectivity index (χ3n) is 15.7. The average molecular weight is 968 g/mol. The summed E-state index contributed by atoms with van der Waals surface area (Å²) in [7, 11) is 1.95. The molecule has 2 saturated heterocycles. The summed E-state index contributed by atoms with van der Waals surface area (Å²) in [4.78, 5) is 59.8. The second-order valence-corrected chi connectivity index (χ2v) is 26.3. The summed E-state index contributed by atoms with van der Waals surface area (Å²) >= 11 is 0. The molecule has 3 fully saturated rings. The van der Waals surface area contributed by atoms with Crippen LogP contribution in [-0.4, -0.2) is 149 Å². The second kappa shape index (κ2) is 24.6. The van der Waals surface area contributed by atoms with Gasteiger partial charge in [-0.1, -0.05) is 60.6 Å². The number of Topliss-reactive ketones (excluding diaryl/α,β-unsaturated/α-hetero) is 2. The third-order valence-corrected chi connectivity index (χ3v) is 20.2. The highest BCUT2D eigenvalue weighted by Gasteiger charge is 2.57. The first-order chi connectivity index (χ1) is 31.4. The number of piperidine rings is 1. The van der Waals surface area contributed by atoms with E-state index < -0.39 is 98.2 Å². The van der Waals surface area contributed by atoms with Gasteiger partial charge < -0.3 is 48.0 Å². The fourth-order valence-electron chi connectivity index (χ4n) is 10.4. The number of halogens is 1. The first kappa shape index (κ1) is 57.2. The van der Waals surface area contributed by atoms with E-state index in [1.54, 1.807) is 34.0 Å². The van der Waals surface area contributed by atoms with Gasteiger partial charge in [-0.15, -0.1) is 0 Å². The van der Waals surface area contributed by atoms with E-state index in [0.29, 0.717) is 37.7 Å². The Kier molecular flexibility index (Phi) is 21.0. The number of ether oxygens (including phenoxy) is 6. The fourth-order valence-corrected chi connectivity index (χ4v) is 11.8. The van der Waals surface area contributed by atoms with E-state index in [0.717, 1.165) is 12.0 Å². The van der Waals surface area contributed by atoms with Gasteiger partial charge in [-0.2, -0.15) is 0 Å². The standard InChI is InChI=1S/C51H86FNO13Si/c1-15-36-25-30(2)44(52)31(3)26-42(61-11)46-43(62-12)27-33(5)51(59,65-46)47(56)48(57)53-21-17-16-18-37(53)49(58)64-45(34(6)40(29-38(36)55)66-67(13,14)50(7,8)9)32(4)24-35-19-20-39(63-23-22-54)41(28-35)60-10/h24-25,31,33-37,39-46,54,59H,15-23,26-29H2,1-14H3. The zero-order valence-electron chi connectivity index (χ0n) is 43.1. The quantitative estimate of drug-likeness (QED) is 0.0904. The molecule has 0 spiro atoms. The molecule has 0 aromatic carbocycles. The summed E-state index contributed by atoms with van der Waals surface area (Å²) in [6.07, 6.45) is 1.65. The van der Waals surface area contributed by atoms with Crippen molar-refractivity contribution < 1.29 is 66.6 Å². The molecule has 1 amide bonds. The van der Waals surface area contributed by atoms with E-state index in [4.69, 9.17) is 32.8 Å². The third kappa shape index (κ3) is 13.7. The number of carbonyl (C=O) groups is 4. The van der Waals surface area contributed by atoms with Gasteiger partial charge in [0.15, 0.2) is 8.32 Å². The molecule has 14 nitrogen and oxygen atoms in total. The minimum absolute atomic E-state index is 0.00725. The van der Waals surface area contributed by atoms with E-state index >= 15 is 4.39 Å². The molecule has 3 aliphatic heterocycles. The second-order valence-electron chi connectivity index (χ2n) is 21.5. The fraction of sp³-hybridized carbons (Fsp3) is 0.843. The molecule has 1 saturated carbocycles. The number of alkyl halides is 1. The molecule has 15 atom stereocenters. The SMILES string of the molecule is CCC1C=C(C)C(F)C(C)CC(OC)C2OC(O)(C(=O)C(=O)N3CCCCC3C(=O)OC(C(C)=CC3CCC(OCCO)C(OC)C3)C(C)C(O[Si](C)(C)C(C)(C)C)CC1=O)C(C)CC2OC. The first-order valence-electron chi connectivity index (χ1n) is 24.9. The van der Waals surface area contributed by atoms with Crippen LogP contribution in [0.25, 0.3) is 0 Å². The minimum atomic E-state index is -2.61. The van der Waals surface area contributed by atoms with Gasteiger partial charge in [-0.05, 0) is 113 Å². The number of fused-ring (bicyclic) bond motifs is 3. The monoisotopic (exact) mass is 968 g/mol. The highest BCUT2D eigenvalue weighted by atomic mass is 28.4. The van der Waals surface area contributed by atoms with Gasteiger partial charge in [-0.3, -0.25) is 14.4 Å². The molecular weight excluding hydrogens is 882 g/mol. The highest BCUT2D eigenvalue weighted by molar-refractivity contribution is 6.74. The average Bonchev–Trinajstić information content (AvgIpc) is 3.29. The van der Waals surface area contributed by atoms with Gasteiger partial charge in [0.05, 0.1) is 43.7 Å². The summed E-state index contributed by atoms with van der Waals surface area (Å²) in [5.41, 5.74) is 1.12. The van der Waals surface area contributed by atoms with E-state index in [1.807, 2.05) is 20.8 Å². The van der Waals surface area contributed by atoms with Crippen LogP contribution in [-0.2, 0) is 52.0 Å². The van der Waals surface area contributed by atoms with Gasteiger partial charge >= 0.3 is 5.97 Å². The lowest BCUT2D eigenvalue weighted by Gasteiger charge is -2.47. The summed E-state index contributed by atoms with van der Waals surface area (Å²) in [5.74, 6) is -8.48. The lowest BCUT2D eigenvalue weighted by Crippen LogP contribution is -2.64. The number of esters is 1. The first-order valence-corrected chi connectivity index (χ1v) is 27.8. The van der Waals surface area contributed by atoms with Crippen LogP contribution in [0, 0.1) is 29.6 Å². The molecule has 15 unspecified atom stereocenters. The molecule has 2 N–H and O–H groups in total. The maximum atomic E-state index is 16.6. The number of hydrogen-bond donors (Lipinski definition) is 2. The number of rotatable bonds is 11. The maximum absolute atomic E-state index is 16.6. The van der Waals surface area contributed by atoms with Crippen LogP contribution in [0.2, 0.25) is 18.1 Å². The molecule has 0 aromatic rings. The number of amides is 1. The van der Waals surface area contributed by atoms with Crippen LogP contribution in [0.3, 0.4) is 0 Å². The van der Waals surface area contributed by atoms with Crippen molar-refractivity contribution in [2.24, 2.45) is 29.6 Å². The smallest absolute Gasteiger partial charge is 0.329 e. The lowest BCUT2D eigenvalue weighted by atomic mass is 9.81. The van der Waals surface area contributed by atoms with Crippen molar-refractivity contribution in [3.63, 3.8) is 0 Å². The van der Waals surface area contributed by atoms with Crippen LogP contribution >= 0.6 is 0 Å². The number of nitrogens with zero attached hydrogens (tertiary/aromatic N) is 1.